The molecular weight excluding hydrogens is 202 g/mol. The van der Waals surface area contributed by atoms with Crippen LogP contribution < -0.4 is 5.73 Å². The van der Waals surface area contributed by atoms with E-state index in [1.807, 2.05) is 17.8 Å². The van der Waals surface area contributed by atoms with Gasteiger partial charge in [-0.3, -0.25) is 0 Å². The SMILES string of the molecule is Cc1ccc(N)cc1SCC1CCCC1. The molecule has 1 aromatic carbocycles. The summed E-state index contributed by atoms with van der Waals surface area (Å²) in [6.45, 7) is 2.16. The Morgan fingerprint density at radius 2 is 2.07 bits per heavy atom. The van der Waals surface area contributed by atoms with Crippen LogP contribution in [-0.4, -0.2) is 5.75 Å². The number of rotatable bonds is 3. The molecule has 2 N–H and O–H groups in total. The second-order valence-corrected chi connectivity index (χ2v) is 5.55. The molecule has 0 heterocycles. The first-order valence-electron chi connectivity index (χ1n) is 5.74. The maximum absolute atomic E-state index is 5.80. The zero-order valence-corrected chi connectivity index (χ0v) is 10.1. The van der Waals surface area contributed by atoms with Crippen molar-refractivity contribution in [2.75, 3.05) is 11.5 Å². The molecule has 1 aliphatic rings. The highest BCUT2D eigenvalue weighted by Gasteiger charge is 2.15. The van der Waals surface area contributed by atoms with E-state index in [0.717, 1.165) is 11.6 Å². The lowest BCUT2D eigenvalue weighted by molar-refractivity contribution is 0.623. The Bertz CT molecular complexity index is 329. The number of aryl methyl sites for hydroxylation is 1. The van der Waals surface area contributed by atoms with Crippen LogP contribution >= 0.6 is 11.8 Å². The van der Waals surface area contributed by atoms with Gasteiger partial charge in [-0.2, -0.15) is 0 Å². The van der Waals surface area contributed by atoms with Crippen molar-refractivity contribution in [2.45, 2.75) is 37.5 Å². The molecular formula is C13H19NS. The third-order valence-electron chi connectivity index (χ3n) is 3.16. The van der Waals surface area contributed by atoms with Crippen molar-refractivity contribution in [3.05, 3.63) is 23.8 Å². The topological polar surface area (TPSA) is 26.0 Å². The predicted octanol–water partition coefficient (Wildman–Crippen LogP) is 3.86. The van der Waals surface area contributed by atoms with E-state index in [1.165, 1.54) is 41.9 Å². The number of benzene rings is 1. The molecule has 1 fully saturated rings. The Hall–Kier alpha value is -0.630. The van der Waals surface area contributed by atoms with Gasteiger partial charge in [0, 0.05) is 16.3 Å². The maximum atomic E-state index is 5.80. The molecule has 2 heteroatoms. The van der Waals surface area contributed by atoms with Gasteiger partial charge >= 0.3 is 0 Å². The molecule has 1 aliphatic carbocycles. The smallest absolute Gasteiger partial charge is 0.0325 e. The van der Waals surface area contributed by atoms with Gasteiger partial charge in [0.2, 0.25) is 0 Å². The molecule has 0 atom stereocenters. The number of nitrogens with two attached hydrogens (primary N) is 1. The molecule has 0 aliphatic heterocycles. The van der Waals surface area contributed by atoms with Crippen molar-refractivity contribution in [3.8, 4) is 0 Å². The molecule has 2 rings (SSSR count). The molecule has 0 radical (unpaired) electrons. The van der Waals surface area contributed by atoms with Crippen LogP contribution in [0.25, 0.3) is 0 Å². The lowest BCUT2D eigenvalue weighted by atomic mass is 10.1. The van der Waals surface area contributed by atoms with E-state index in [-0.39, 0.29) is 0 Å². The monoisotopic (exact) mass is 221 g/mol. The summed E-state index contributed by atoms with van der Waals surface area (Å²) in [6, 6.07) is 6.20. The van der Waals surface area contributed by atoms with Crippen LogP contribution in [0.2, 0.25) is 0 Å². The largest absolute Gasteiger partial charge is 0.399 e. The summed E-state index contributed by atoms with van der Waals surface area (Å²) < 4.78 is 0. The van der Waals surface area contributed by atoms with Crippen LogP contribution in [0, 0.1) is 12.8 Å². The fraction of sp³-hybridized carbons (Fsp3) is 0.538. The molecule has 1 nitrogen and oxygen atoms in total. The third kappa shape index (κ3) is 2.91. The van der Waals surface area contributed by atoms with Crippen molar-refractivity contribution in [3.63, 3.8) is 0 Å². The summed E-state index contributed by atoms with van der Waals surface area (Å²) in [5.41, 5.74) is 8.04. The molecule has 82 valence electrons. The van der Waals surface area contributed by atoms with Crippen molar-refractivity contribution < 1.29 is 0 Å². The number of hydrogen-bond acceptors (Lipinski definition) is 2. The first-order chi connectivity index (χ1) is 7.25. The van der Waals surface area contributed by atoms with Gasteiger partial charge in [-0.15, -0.1) is 11.8 Å². The van der Waals surface area contributed by atoms with E-state index in [0.29, 0.717) is 0 Å². The summed E-state index contributed by atoms with van der Waals surface area (Å²) in [7, 11) is 0. The maximum Gasteiger partial charge on any atom is 0.0325 e. The van der Waals surface area contributed by atoms with Crippen molar-refractivity contribution in [1.82, 2.24) is 0 Å². The summed E-state index contributed by atoms with van der Waals surface area (Å²) in [6.07, 6.45) is 5.71. The van der Waals surface area contributed by atoms with E-state index < -0.39 is 0 Å². The molecule has 0 aromatic heterocycles. The summed E-state index contributed by atoms with van der Waals surface area (Å²) in [4.78, 5) is 1.36. The predicted molar refractivity (Wildman–Crippen MR) is 68.3 cm³/mol. The minimum absolute atomic E-state index is 0.884. The number of thioether (sulfide) groups is 1. The zero-order chi connectivity index (χ0) is 10.7. The van der Waals surface area contributed by atoms with Crippen LogP contribution in [0.4, 0.5) is 5.69 Å². The molecule has 15 heavy (non-hydrogen) atoms. The van der Waals surface area contributed by atoms with Crippen LogP contribution in [-0.2, 0) is 0 Å². The van der Waals surface area contributed by atoms with E-state index >= 15 is 0 Å². The molecule has 1 saturated carbocycles. The van der Waals surface area contributed by atoms with Crippen LogP contribution in [0.1, 0.15) is 31.2 Å². The van der Waals surface area contributed by atoms with Gasteiger partial charge in [0.05, 0.1) is 0 Å². The van der Waals surface area contributed by atoms with E-state index in [9.17, 15) is 0 Å². The standard InChI is InChI=1S/C13H19NS/c1-10-6-7-12(14)8-13(10)15-9-11-4-2-3-5-11/h6-8,11H,2-5,9,14H2,1H3. The fourth-order valence-corrected chi connectivity index (χ4v) is 3.42. The summed E-state index contributed by atoms with van der Waals surface area (Å²) in [5.74, 6) is 2.21. The Balaban J connectivity index is 1.94. The van der Waals surface area contributed by atoms with Gasteiger partial charge in [0.15, 0.2) is 0 Å². The first-order valence-corrected chi connectivity index (χ1v) is 6.73. The molecule has 0 bridgehead atoms. The number of hydrogen-bond donors (Lipinski definition) is 1. The van der Waals surface area contributed by atoms with E-state index in [1.54, 1.807) is 0 Å². The van der Waals surface area contributed by atoms with Crippen LogP contribution in [0.5, 0.6) is 0 Å². The first kappa shape index (κ1) is 10.9. The lowest BCUT2D eigenvalue weighted by Crippen LogP contribution is -1.97. The molecule has 0 unspecified atom stereocenters. The Labute approximate surface area is 96.4 Å². The average Bonchev–Trinajstić information content (AvgIpc) is 2.72. The summed E-state index contributed by atoms with van der Waals surface area (Å²) >= 11 is 1.98. The molecule has 0 spiro atoms. The highest BCUT2D eigenvalue weighted by Crippen LogP contribution is 2.32. The van der Waals surface area contributed by atoms with Gasteiger partial charge in [0.25, 0.3) is 0 Å². The fourth-order valence-electron chi connectivity index (χ4n) is 2.16. The third-order valence-corrected chi connectivity index (χ3v) is 4.55. The quantitative estimate of drug-likeness (QED) is 0.619. The molecule has 0 saturated heterocycles. The van der Waals surface area contributed by atoms with E-state index in [2.05, 4.69) is 19.1 Å². The normalized spacial score (nSPS) is 17.1. The van der Waals surface area contributed by atoms with Crippen LogP contribution in [0.15, 0.2) is 23.1 Å². The highest BCUT2D eigenvalue weighted by atomic mass is 32.2. The summed E-state index contributed by atoms with van der Waals surface area (Å²) in [5, 5.41) is 0. The minimum atomic E-state index is 0.884. The van der Waals surface area contributed by atoms with Crippen LogP contribution in [0.3, 0.4) is 0 Å². The van der Waals surface area contributed by atoms with Gasteiger partial charge in [-0.05, 0) is 43.4 Å². The molecule has 1 aromatic rings. The number of anilines is 1. The number of nitrogen functional groups attached to an aromatic ring is 1. The Kier molecular flexibility index (Phi) is 3.57. The van der Waals surface area contributed by atoms with Crippen molar-refractivity contribution in [2.24, 2.45) is 5.92 Å². The van der Waals surface area contributed by atoms with Crippen molar-refractivity contribution >= 4 is 17.4 Å². The van der Waals surface area contributed by atoms with E-state index in [4.69, 9.17) is 5.73 Å². The van der Waals surface area contributed by atoms with Crippen molar-refractivity contribution in [1.29, 1.82) is 0 Å². The zero-order valence-electron chi connectivity index (χ0n) is 9.33. The van der Waals surface area contributed by atoms with Gasteiger partial charge in [0.1, 0.15) is 0 Å². The van der Waals surface area contributed by atoms with Gasteiger partial charge < -0.3 is 5.73 Å². The average molecular weight is 221 g/mol. The second-order valence-electron chi connectivity index (χ2n) is 4.49. The molecule has 0 amide bonds. The second kappa shape index (κ2) is 4.93. The lowest BCUT2D eigenvalue weighted by Gasteiger charge is -2.10. The Morgan fingerprint density at radius 1 is 1.33 bits per heavy atom. The Morgan fingerprint density at radius 3 is 2.80 bits per heavy atom. The minimum Gasteiger partial charge on any atom is -0.399 e. The van der Waals surface area contributed by atoms with Gasteiger partial charge in [-0.1, -0.05) is 18.9 Å². The van der Waals surface area contributed by atoms with Gasteiger partial charge in [-0.25, -0.2) is 0 Å². The highest BCUT2D eigenvalue weighted by molar-refractivity contribution is 7.99.